The van der Waals surface area contributed by atoms with Crippen molar-refractivity contribution in [2.24, 2.45) is 7.05 Å². The number of alkyl halides is 3. The van der Waals surface area contributed by atoms with E-state index in [4.69, 9.17) is 4.74 Å². The molecule has 3 rings (SSSR count). The van der Waals surface area contributed by atoms with Crippen molar-refractivity contribution in [2.75, 3.05) is 7.11 Å². The summed E-state index contributed by atoms with van der Waals surface area (Å²) in [6.07, 6.45) is -3.32. The Morgan fingerprint density at radius 3 is 2.36 bits per heavy atom. The fourth-order valence-electron chi connectivity index (χ4n) is 2.36. The summed E-state index contributed by atoms with van der Waals surface area (Å²) >= 11 is 0. The molecule has 4 nitrogen and oxygen atoms in total. The molecule has 7 heteroatoms. The number of hydrogen-bond donors (Lipinski definition) is 0. The molecule has 0 aliphatic carbocycles. The Kier molecular flexibility index (Phi) is 3.27. The molecule has 0 aliphatic rings. The second kappa shape index (κ2) is 5.01. The Hall–Kier alpha value is -2.57. The van der Waals surface area contributed by atoms with Gasteiger partial charge < -0.3 is 4.74 Å². The van der Waals surface area contributed by atoms with Gasteiger partial charge in [-0.25, -0.2) is 9.67 Å². The Bertz CT molecular complexity index is 822. The normalized spacial score (nSPS) is 11.9. The molecule has 114 valence electrons. The van der Waals surface area contributed by atoms with E-state index in [1.54, 1.807) is 31.3 Å². The zero-order valence-electron chi connectivity index (χ0n) is 11.8. The minimum Gasteiger partial charge on any atom is -0.497 e. The Morgan fingerprint density at radius 2 is 1.77 bits per heavy atom. The zero-order chi connectivity index (χ0) is 15.9. The molecule has 1 aromatic carbocycles. The van der Waals surface area contributed by atoms with Gasteiger partial charge in [0.2, 0.25) is 0 Å². The molecule has 2 heterocycles. The number of benzene rings is 1. The van der Waals surface area contributed by atoms with Crippen molar-refractivity contribution < 1.29 is 17.9 Å². The van der Waals surface area contributed by atoms with E-state index in [2.05, 4.69) is 10.1 Å². The topological polar surface area (TPSA) is 39.9 Å². The average molecular weight is 307 g/mol. The van der Waals surface area contributed by atoms with E-state index < -0.39 is 11.7 Å². The number of hydrogen-bond acceptors (Lipinski definition) is 3. The number of ether oxygens (including phenoxy) is 1. The van der Waals surface area contributed by atoms with Crippen LogP contribution in [0, 0.1) is 0 Å². The molecular formula is C15H12F3N3O. The van der Waals surface area contributed by atoms with Crippen molar-refractivity contribution in [3.05, 3.63) is 42.1 Å². The van der Waals surface area contributed by atoms with E-state index in [1.807, 2.05) is 0 Å². The highest BCUT2D eigenvalue weighted by Crippen LogP contribution is 2.38. The number of methoxy groups -OCH3 is 1. The maximum absolute atomic E-state index is 13.3. The van der Waals surface area contributed by atoms with Crippen molar-refractivity contribution >= 4 is 11.0 Å². The van der Waals surface area contributed by atoms with Crippen LogP contribution in [-0.2, 0) is 13.2 Å². The molecule has 0 saturated carbocycles. The molecule has 0 N–H and O–H groups in total. The van der Waals surface area contributed by atoms with Crippen molar-refractivity contribution in [3.8, 4) is 17.0 Å². The third-order valence-electron chi connectivity index (χ3n) is 3.39. The van der Waals surface area contributed by atoms with Crippen molar-refractivity contribution in [2.45, 2.75) is 6.18 Å². The molecule has 0 spiro atoms. The second-order valence-corrected chi connectivity index (χ2v) is 4.76. The number of fused-ring (bicyclic) bond motifs is 1. The van der Waals surface area contributed by atoms with Gasteiger partial charge in [0.15, 0.2) is 5.65 Å². The first-order valence-electron chi connectivity index (χ1n) is 6.45. The number of nitrogens with zero attached hydrogens (tertiary/aromatic N) is 3. The predicted molar refractivity (Wildman–Crippen MR) is 75.5 cm³/mol. The second-order valence-electron chi connectivity index (χ2n) is 4.76. The van der Waals surface area contributed by atoms with Gasteiger partial charge >= 0.3 is 6.18 Å². The first kappa shape index (κ1) is 14.4. The van der Waals surface area contributed by atoms with Crippen LogP contribution in [-0.4, -0.2) is 21.9 Å². The average Bonchev–Trinajstić information content (AvgIpc) is 2.84. The van der Waals surface area contributed by atoms with Crippen LogP contribution in [0.1, 0.15) is 5.56 Å². The minimum absolute atomic E-state index is 0.00247. The predicted octanol–water partition coefficient (Wildman–Crippen LogP) is 3.66. The summed E-state index contributed by atoms with van der Waals surface area (Å²) in [5.41, 5.74) is 0.280. The molecule has 2 aromatic heterocycles. The van der Waals surface area contributed by atoms with E-state index in [0.717, 1.165) is 12.3 Å². The lowest BCUT2D eigenvalue weighted by Gasteiger charge is -2.08. The third-order valence-corrected chi connectivity index (χ3v) is 3.39. The number of rotatable bonds is 2. The highest BCUT2D eigenvalue weighted by molar-refractivity contribution is 5.94. The van der Waals surface area contributed by atoms with Gasteiger partial charge in [-0.1, -0.05) is 0 Å². The largest absolute Gasteiger partial charge is 0.497 e. The summed E-state index contributed by atoms with van der Waals surface area (Å²) in [5.74, 6) is 0.623. The summed E-state index contributed by atoms with van der Waals surface area (Å²) in [5, 5.41) is 4.21. The van der Waals surface area contributed by atoms with Crippen molar-refractivity contribution in [1.82, 2.24) is 14.8 Å². The van der Waals surface area contributed by atoms with E-state index in [9.17, 15) is 13.2 Å². The van der Waals surface area contributed by atoms with Crippen molar-refractivity contribution in [1.29, 1.82) is 0 Å². The molecule has 0 atom stereocenters. The third kappa shape index (κ3) is 2.28. The first-order valence-corrected chi connectivity index (χ1v) is 6.45. The maximum Gasteiger partial charge on any atom is 0.417 e. The number of aromatic nitrogens is 3. The van der Waals surface area contributed by atoms with Gasteiger partial charge in [0, 0.05) is 18.8 Å². The lowest BCUT2D eigenvalue weighted by molar-refractivity contribution is -0.136. The molecule has 0 fully saturated rings. The van der Waals surface area contributed by atoms with Crippen LogP contribution in [0.4, 0.5) is 13.2 Å². The van der Waals surface area contributed by atoms with Crippen LogP contribution in [0.25, 0.3) is 22.3 Å². The lowest BCUT2D eigenvalue weighted by atomic mass is 10.0. The minimum atomic E-state index is -4.47. The number of aryl methyl sites for hydroxylation is 1. The summed E-state index contributed by atoms with van der Waals surface area (Å²) < 4.78 is 46.2. The van der Waals surface area contributed by atoms with Gasteiger partial charge in [-0.2, -0.15) is 18.3 Å². The fourth-order valence-corrected chi connectivity index (χ4v) is 2.36. The maximum atomic E-state index is 13.3. The number of halogens is 3. The van der Waals surface area contributed by atoms with Gasteiger partial charge in [0.25, 0.3) is 0 Å². The molecule has 0 bridgehead atoms. The highest BCUT2D eigenvalue weighted by Gasteiger charge is 2.35. The molecular weight excluding hydrogens is 295 g/mol. The van der Waals surface area contributed by atoms with E-state index in [0.29, 0.717) is 11.3 Å². The van der Waals surface area contributed by atoms with Crippen LogP contribution >= 0.6 is 0 Å². The van der Waals surface area contributed by atoms with Gasteiger partial charge in [0.1, 0.15) is 11.4 Å². The van der Waals surface area contributed by atoms with Gasteiger partial charge in [-0.3, -0.25) is 0 Å². The molecule has 0 saturated heterocycles. The molecule has 0 radical (unpaired) electrons. The smallest absolute Gasteiger partial charge is 0.417 e. The van der Waals surface area contributed by atoms with Crippen LogP contribution in [0.15, 0.2) is 36.5 Å². The lowest BCUT2D eigenvalue weighted by Crippen LogP contribution is -2.06. The Morgan fingerprint density at radius 1 is 1.09 bits per heavy atom. The highest BCUT2D eigenvalue weighted by atomic mass is 19.4. The summed E-state index contributed by atoms with van der Waals surface area (Å²) in [4.78, 5) is 4.01. The fraction of sp³-hybridized carbons (Fsp3) is 0.200. The molecule has 3 aromatic rings. The van der Waals surface area contributed by atoms with Gasteiger partial charge in [0.05, 0.1) is 18.1 Å². The van der Waals surface area contributed by atoms with E-state index in [1.165, 1.54) is 11.8 Å². The monoisotopic (exact) mass is 307 g/mol. The first-order chi connectivity index (χ1) is 10.4. The van der Waals surface area contributed by atoms with E-state index >= 15 is 0 Å². The molecule has 0 aliphatic heterocycles. The van der Waals surface area contributed by atoms with Gasteiger partial charge in [-0.15, -0.1) is 0 Å². The Labute approximate surface area is 124 Å². The van der Waals surface area contributed by atoms with Gasteiger partial charge in [-0.05, 0) is 30.3 Å². The van der Waals surface area contributed by atoms with E-state index in [-0.39, 0.29) is 16.7 Å². The summed E-state index contributed by atoms with van der Waals surface area (Å²) in [7, 11) is 3.10. The quantitative estimate of drug-likeness (QED) is 0.725. The molecule has 0 amide bonds. The van der Waals surface area contributed by atoms with Crippen LogP contribution in [0.3, 0.4) is 0 Å². The Balaban J connectivity index is 2.29. The SMILES string of the molecule is COc1ccc(-c2nn(C)c3nccc(C(F)(F)F)c23)cc1. The summed E-state index contributed by atoms with van der Waals surface area (Å²) in [6.45, 7) is 0. The van der Waals surface area contributed by atoms with Crippen LogP contribution in [0.2, 0.25) is 0 Å². The van der Waals surface area contributed by atoms with Crippen LogP contribution < -0.4 is 4.74 Å². The summed E-state index contributed by atoms with van der Waals surface area (Å²) in [6, 6.07) is 7.68. The molecule has 22 heavy (non-hydrogen) atoms. The number of pyridine rings is 1. The molecule has 0 unspecified atom stereocenters. The van der Waals surface area contributed by atoms with Crippen molar-refractivity contribution in [3.63, 3.8) is 0 Å². The zero-order valence-corrected chi connectivity index (χ0v) is 11.8. The van der Waals surface area contributed by atoms with Crippen LogP contribution in [0.5, 0.6) is 5.75 Å². The standard InChI is InChI=1S/C15H12F3N3O/c1-21-14-12(11(7-8-19-14)15(16,17)18)13(20-21)9-3-5-10(22-2)6-4-9/h3-8H,1-2H3.